The molecule has 0 unspecified atom stereocenters. The summed E-state index contributed by atoms with van der Waals surface area (Å²) in [5.74, 6) is 0. The van der Waals surface area contributed by atoms with Crippen molar-refractivity contribution in [2.24, 2.45) is 0 Å². The van der Waals surface area contributed by atoms with Crippen LogP contribution in [0, 0.1) is 0 Å². The van der Waals surface area contributed by atoms with E-state index in [1.807, 2.05) is 0 Å². The molecule has 0 aliphatic heterocycles. The maximum absolute atomic E-state index is 0. The van der Waals surface area contributed by atoms with E-state index in [0.717, 1.165) is 0 Å². The fraction of sp³-hybridized carbons (Fsp3) is 0. The predicted octanol–water partition coefficient (Wildman–Crippen LogP) is -0.388. The minimum absolute atomic E-state index is 0. The van der Waals surface area contributed by atoms with Crippen LogP contribution in [0.4, 0.5) is 0 Å². The average Bonchev–Trinajstić information content (AvgIpc) is 0. The van der Waals surface area contributed by atoms with Gasteiger partial charge in [0.15, 0.2) is 0 Å². The summed E-state index contributed by atoms with van der Waals surface area (Å²) in [6, 6.07) is 0. The van der Waals surface area contributed by atoms with Gasteiger partial charge in [0.05, 0.1) is 0 Å². The predicted molar refractivity (Wildman–Crippen MR) is 5.75 cm³/mol. The maximum Gasteiger partial charge on any atom is 0 e. The molecule has 21 valence electrons. The quantitative estimate of drug-likeness (QED) is 0.517. The molecule has 4 heavy (non-hydrogen) atoms. The third-order valence-electron chi connectivity index (χ3n) is 0. The van der Waals surface area contributed by atoms with Crippen molar-refractivity contribution < 1.29 is 63.6 Å². The summed E-state index contributed by atoms with van der Waals surface area (Å²) in [6.07, 6.45) is 0. The van der Waals surface area contributed by atoms with Crippen molar-refractivity contribution in [3.63, 3.8) is 0 Å². The fourth-order valence-corrected chi connectivity index (χ4v) is 0. The van der Waals surface area contributed by atoms with Crippen molar-refractivity contribution >= 4 is 23.9 Å². The van der Waals surface area contributed by atoms with Crippen molar-refractivity contribution in [1.29, 1.82) is 0 Å². The second-order valence-corrected chi connectivity index (χ2v) is 0. The molecular formula is NbRuSnTi. The first-order valence-electron chi connectivity index (χ1n) is 0. The Morgan fingerprint density at radius 3 is 1.00 bits per heavy atom. The van der Waals surface area contributed by atoms with Crippen LogP contribution in [0.3, 0.4) is 0 Å². The van der Waals surface area contributed by atoms with E-state index in [4.69, 9.17) is 0 Å². The molecule has 0 amide bonds. The SMILES string of the molecule is [Nb].[Ru].[Sn].[Ti]. The van der Waals surface area contributed by atoms with Gasteiger partial charge in [-0.15, -0.1) is 0 Å². The van der Waals surface area contributed by atoms with E-state index in [1.54, 1.807) is 0 Å². The van der Waals surface area contributed by atoms with Crippen LogP contribution in [-0.4, -0.2) is 23.9 Å². The van der Waals surface area contributed by atoms with Crippen LogP contribution >= 0.6 is 0 Å². The summed E-state index contributed by atoms with van der Waals surface area (Å²) in [5, 5.41) is 0. The Bertz CT molecular complexity index is 8.00. The molecule has 4 heteroatoms. The summed E-state index contributed by atoms with van der Waals surface area (Å²) in [7, 11) is 0. The molecule has 0 N–H and O–H groups in total. The van der Waals surface area contributed by atoms with Crippen molar-refractivity contribution in [2.75, 3.05) is 0 Å². The molecule has 0 fully saturated rings. The zero-order valence-electron chi connectivity index (χ0n) is 1.80. The van der Waals surface area contributed by atoms with Crippen molar-refractivity contribution in [3.8, 4) is 0 Å². The number of hydrogen-bond acceptors (Lipinski definition) is 0. The zero-order valence-corrected chi connectivity index (χ0v) is 10.2. The summed E-state index contributed by atoms with van der Waals surface area (Å²) >= 11 is 0. The molecule has 0 aromatic carbocycles. The molecule has 0 aromatic rings. The van der Waals surface area contributed by atoms with E-state index in [0.29, 0.717) is 0 Å². The first-order valence-corrected chi connectivity index (χ1v) is 0. The molecule has 0 spiro atoms. The van der Waals surface area contributed by atoms with E-state index in [9.17, 15) is 0 Å². The summed E-state index contributed by atoms with van der Waals surface area (Å²) in [4.78, 5) is 0. The van der Waals surface area contributed by atoms with Crippen LogP contribution in [0.5, 0.6) is 0 Å². The van der Waals surface area contributed by atoms with Gasteiger partial charge in [-0.2, -0.15) is 0 Å². The van der Waals surface area contributed by atoms with Crippen LogP contribution in [0.15, 0.2) is 0 Å². The largest absolute Gasteiger partial charge is 0 e. The Balaban J connectivity index is 0. The van der Waals surface area contributed by atoms with Gasteiger partial charge < -0.3 is 0 Å². The first kappa shape index (κ1) is 28.7. The summed E-state index contributed by atoms with van der Waals surface area (Å²) < 4.78 is 0. The van der Waals surface area contributed by atoms with Gasteiger partial charge in [-0.1, -0.05) is 0 Å². The number of hydrogen-bond donors (Lipinski definition) is 0. The smallest absolute Gasteiger partial charge is 0 e. The van der Waals surface area contributed by atoms with Gasteiger partial charge in [0.1, 0.15) is 0 Å². The van der Waals surface area contributed by atoms with Crippen LogP contribution in [0.1, 0.15) is 0 Å². The molecule has 0 nitrogen and oxygen atoms in total. The Labute approximate surface area is 86.0 Å². The fourth-order valence-electron chi connectivity index (χ4n) is 0. The monoisotopic (exact) mass is 363 g/mol. The molecule has 0 aromatic heterocycles. The van der Waals surface area contributed by atoms with Gasteiger partial charge in [0, 0.05) is 87.5 Å². The molecule has 0 aliphatic rings. The van der Waals surface area contributed by atoms with E-state index >= 15 is 0 Å². The molecule has 0 aliphatic carbocycles. The Morgan fingerprint density at radius 1 is 1.00 bits per heavy atom. The Hall–Kier alpha value is 2.88. The Kier molecular flexibility index (Phi) is 121. The topological polar surface area (TPSA) is 0 Å². The molecule has 0 bridgehead atoms. The Morgan fingerprint density at radius 2 is 1.00 bits per heavy atom. The molecule has 0 atom stereocenters. The van der Waals surface area contributed by atoms with Gasteiger partial charge >= 0.3 is 0 Å². The third kappa shape index (κ3) is 8.86. The summed E-state index contributed by atoms with van der Waals surface area (Å²) in [6.45, 7) is 0. The maximum atomic E-state index is 0. The van der Waals surface area contributed by atoms with E-state index < -0.39 is 0 Å². The van der Waals surface area contributed by atoms with E-state index in [2.05, 4.69) is 0 Å². The zero-order chi connectivity index (χ0) is 0. The molecule has 0 saturated heterocycles. The summed E-state index contributed by atoms with van der Waals surface area (Å²) in [5.41, 5.74) is 0. The minimum atomic E-state index is 0. The third-order valence-corrected chi connectivity index (χ3v) is 0. The van der Waals surface area contributed by atoms with Crippen molar-refractivity contribution in [1.82, 2.24) is 0 Å². The number of rotatable bonds is 0. The van der Waals surface area contributed by atoms with Gasteiger partial charge in [0.2, 0.25) is 0 Å². The first-order chi connectivity index (χ1) is 0. The van der Waals surface area contributed by atoms with Gasteiger partial charge in [-0.05, 0) is 0 Å². The standard InChI is InChI=1S/Nb.Ru.Sn.Ti. The minimum Gasteiger partial charge on any atom is 0 e. The van der Waals surface area contributed by atoms with E-state index in [1.165, 1.54) is 0 Å². The van der Waals surface area contributed by atoms with E-state index in [-0.39, 0.29) is 87.5 Å². The second-order valence-electron chi connectivity index (χ2n) is 0. The van der Waals surface area contributed by atoms with Crippen molar-refractivity contribution in [2.45, 2.75) is 0 Å². The molecule has 0 saturated carbocycles. The van der Waals surface area contributed by atoms with Crippen LogP contribution in [-0.2, 0) is 63.6 Å². The van der Waals surface area contributed by atoms with Crippen LogP contribution < -0.4 is 0 Å². The van der Waals surface area contributed by atoms with Gasteiger partial charge in [-0.3, -0.25) is 0 Å². The van der Waals surface area contributed by atoms with Crippen LogP contribution in [0.25, 0.3) is 0 Å². The van der Waals surface area contributed by atoms with Crippen molar-refractivity contribution in [3.05, 3.63) is 0 Å². The van der Waals surface area contributed by atoms with Crippen LogP contribution in [0.2, 0.25) is 0 Å². The molecule has 5 radical (unpaired) electrons. The van der Waals surface area contributed by atoms with Gasteiger partial charge in [-0.25, -0.2) is 0 Å². The second kappa shape index (κ2) is 16.9. The molecular weight excluding hydrogens is 361 g/mol. The molecule has 0 rings (SSSR count). The average molecular weight is 361 g/mol. The normalized spacial score (nSPS) is 0. The van der Waals surface area contributed by atoms with Gasteiger partial charge in [0.25, 0.3) is 0 Å². The molecule has 0 heterocycles.